The van der Waals surface area contributed by atoms with Crippen LogP contribution in [-0.2, 0) is 0 Å². The Morgan fingerprint density at radius 1 is 1.19 bits per heavy atom. The van der Waals surface area contributed by atoms with Crippen molar-refractivity contribution in [2.45, 2.75) is 38.1 Å². The first-order valence-electron chi connectivity index (χ1n) is 7.99. The zero-order chi connectivity index (χ0) is 14.6. The van der Waals surface area contributed by atoms with Crippen LogP contribution in [0.2, 0.25) is 0 Å². The summed E-state index contributed by atoms with van der Waals surface area (Å²) in [4.78, 5) is 12.4. The molecule has 5 unspecified atom stereocenters. The lowest BCUT2D eigenvalue weighted by Crippen LogP contribution is -2.42. The van der Waals surface area contributed by atoms with E-state index >= 15 is 0 Å². The molecule has 3 saturated carbocycles. The fourth-order valence-electron chi connectivity index (χ4n) is 5.22. The predicted molar refractivity (Wildman–Crippen MR) is 79.1 cm³/mol. The van der Waals surface area contributed by atoms with Gasteiger partial charge in [0.25, 0.3) is 5.91 Å². The number of fused-ring (bicyclic) bond motifs is 5. The van der Waals surface area contributed by atoms with Crippen LogP contribution >= 0.6 is 0 Å². The molecule has 5 atom stereocenters. The fourth-order valence-corrected chi connectivity index (χ4v) is 5.22. The number of nitrogen functional groups attached to an aromatic ring is 1. The molecule has 3 N–H and O–H groups in total. The summed E-state index contributed by atoms with van der Waals surface area (Å²) in [6.07, 6.45) is 6.46. The van der Waals surface area contributed by atoms with Gasteiger partial charge in [0.2, 0.25) is 0 Å². The van der Waals surface area contributed by atoms with Gasteiger partial charge in [-0.1, -0.05) is 6.42 Å². The van der Waals surface area contributed by atoms with Crippen LogP contribution in [0.15, 0.2) is 18.2 Å². The van der Waals surface area contributed by atoms with Gasteiger partial charge in [-0.15, -0.1) is 0 Å². The maximum Gasteiger partial charge on any atom is 0.253 e. The van der Waals surface area contributed by atoms with Crippen LogP contribution < -0.4 is 11.1 Å². The summed E-state index contributed by atoms with van der Waals surface area (Å²) in [6.45, 7) is 0. The van der Waals surface area contributed by atoms with Crippen LogP contribution in [0.5, 0.6) is 0 Å². The normalized spacial score (nSPS) is 36.7. The number of halogens is 1. The molecule has 1 aromatic rings. The highest BCUT2D eigenvalue weighted by atomic mass is 19.1. The molecule has 0 spiro atoms. The molecule has 0 radical (unpaired) electrons. The van der Waals surface area contributed by atoms with Gasteiger partial charge in [0.05, 0.1) is 5.56 Å². The summed E-state index contributed by atoms with van der Waals surface area (Å²) >= 11 is 0. The van der Waals surface area contributed by atoms with Crippen LogP contribution in [-0.4, -0.2) is 11.9 Å². The molecule has 3 fully saturated rings. The number of benzene rings is 1. The summed E-state index contributed by atoms with van der Waals surface area (Å²) < 4.78 is 13.1. The highest BCUT2D eigenvalue weighted by Crippen LogP contribution is 2.58. The summed E-state index contributed by atoms with van der Waals surface area (Å²) in [5.41, 5.74) is 6.37. The fraction of sp³-hybridized carbons (Fsp3) is 0.588. The molecule has 3 nitrogen and oxygen atoms in total. The molecule has 4 heteroatoms. The van der Waals surface area contributed by atoms with Crippen molar-refractivity contribution in [3.05, 3.63) is 29.6 Å². The number of hydrogen-bond acceptors (Lipinski definition) is 2. The zero-order valence-electron chi connectivity index (χ0n) is 12.0. The van der Waals surface area contributed by atoms with Gasteiger partial charge in [-0.25, -0.2) is 4.39 Å². The van der Waals surface area contributed by atoms with Crippen LogP contribution in [0.25, 0.3) is 0 Å². The van der Waals surface area contributed by atoms with Gasteiger partial charge in [-0.3, -0.25) is 4.79 Å². The lowest BCUT2D eigenvalue weighted by atomic mass is 9.79. The van der Waals surface area contributed by atoms with Crippen LogP contribution in [0, 0.1) is 29.5 Å². The highest BCUT2D eigenvalue weighted by Gasteiger charge is 2.54. The van der Waals surface area contributed by atoms with Crippen molar-refractivity contribution in [1.82, 2.24) is 5.32 Å². The Kier molecular flexibility index (Phi) is 2.95. The third-order valence-corrected chi connectivity index (χ3v) is 6.00. The van der Waals surface area contributed by atoms with E-state index in [-0.39, 0.29) is 17.6 Å². The Hall–Kier alpha value is -1.58. The summed E-state index contributed by atoms with van der Waals surface area (Å²) in [7, 11) is 0. The molecule has 112 valence electrons. The third kappa shape index (κ3) is 2.03. The standard InChI is InChI=1S/C17H21FN2O/c18-10-4-5-13(15(19)8-10)17(21)20-16-7-9-6-14(16)12-3-1-2-11(9)12/h4-5,8-9,11-12,14,16H,1-3,6-7,19H2,(H,20,21). The Bertz CT molecular complexity index is 588. The first-order chi connectivity index (χ1) is 10.1. The first kappa shape index (κ1) is 13.1. The molecular formula is C17H21FN2O. The first-order valence-corrected chi connectivity index (χ1v) is 7.99. The van der Waals surface area contributed by atoms with Gasteiger partial charge in [0, 0.05) is 11.7 Å². The van der Waals surface area contributed by atoms with Crippen molar-refractivity contribution in [3.63, 3.8) is 0 Å². The SMILES string of the molecule is Nc1cc(F)ccc1C(=O)NC1CC2CC1C1CCCC21. The second-order valence-electron chi connectivity index (χ2n) is 6.97. The average Bonchev–Trinajstić information content (AvgIpc) is 3.09. The molecule has 0 saturated heterocycles. The smallest absolute Gasteiger partial charge is 0.253 e. The van der Waals surface area contributed by atoms with Crippen molar-refractivity contribution in [2.75, 3.05) is 5.73 Å². The minimum atomic E-state index is -0.405. The van der Waals surface area contributed by atoms with E-state index in [0.717, 1.165) is 24.2 Å². The van der Waals surface area contributed by atoms with Crippen molar-refractivity contribution in [2.24, 2.45) is 23.7 Å². The largest absolute Gasteiger partial charge is 0.398 e. The van der Waals surface area contributed by atoms with Gasteiger partial charge < -0.3 is 11.1 Å². The molecule has 1 amide bonds. The molecule has 2 bridgehead atoms. The molecule has 1 aromatic carbocycles. The minimum Gasteiger partial charge on any atom is -0.398 e. The van der Waals surface area contributed by atoms with Crippen molar-refractivity contribution >= 4 is 11.6 Å². The maximum absolute atomic E-state index is 13.1. The number of carbonyl (C=O) groups excluding carboxylic acids is 1. The van der Waals surface area contributed by atoms with Crippen molar-refractivity contribution in [1.29, 1.82) is 0 Å². The average molecular weight is 288 g/mol. The summed E-state index contributed by atoms with van der Waals surface area (Å²) in [5.74, 6) is 2.63. The van der Waals surface area contributed by atoms with Crippen LogP contribution in [0.1, 0.15) is 42.5 Å². The summed E-state index contributed by atoms with van der Waals surface area (Å²) in [5, 5.41) is 3.16. The third-order valence-electron chi connectivity index (χ3n) is 6.00. The number of anilines is 1. The second kappa shape index (κ2) is 4.72. The zero-order valence-corrected chi connectivity index (χ0v) is 12.0. The summed E-state index contributed by atoms with van der Waals surface area (Å²) in [6, 6.07) is 4.26. The molecule has 3 aliphatic carbocycles. The molecule has 3 aliphatic rings. The molecule has 0 aliphatic heterocycles. The van der Waals surface area contributed by atoms with E-state index in [4.69, 9.17) is 5.73 Å². The van der Waals surface area contributed by atoms with Crippen LogP contribution in [0.3, 0.4) is 0 Å². The highest BCUT2D eigenvalue weighted by molar-refractivity contribution is 5.99. The van der Waals surface area contributed by atoms with Gasteiger partial charge in [-0.2, -0.15) is 0 Å². The van der Waals surface area contributed by atoms with Crippen molar-refractivity contribution in [3.8, 4) is 0 Å². The van der Waals surface area contributed by atoms with Gasteiger partial charge in [0.15, 0.2) is 0 Å². The maximum atomic E-state index is 13.1. The lowest BCUT2D eigenvalue weighted by Gasteiger charge is -2.32. The van der Waals surface area contributed by atoms with E-state index < -0.39 is 5.82 Å². The van der Waals surface area contributed by atoms with Gasteiger partial charge in [0.1, 0.15) is 5.82 Å². The lowest BCUT2D eigenvalue weighted by molar-refractivity contribution is 0.0902. The predicted octanol–water partition coefficient (Wildman–Crippen LogP) is 2.96. The number of hydrogen-bond donors (Lipinski definition) is 2. The van der Waals surface area contributed by atoms with Gasteiger partial charge >= 0.3 is 0 Å². The topological polar surface area (TPSA) is 55.1 Å². The van der Waals surface area contributed by atoms with E-state index in [2.05, 4.69) is 5.32 Å². The van der Waals surface area contributed by atoms with E-state index in [1.165, 1.54) is 43.9 Å². The molecular weight excluding hydrogens is 267 g/mol. The monoisotopic (exact) mass is 288 g/mol. The molecule has 0 heterocycles. The number of nitrogens with one attached hydrogen (secondary N) is 1. The Balaban J connectivity index is 1.48. The van der Waals surface area contributed by atoms with E-state index in [1.54, 1.807) is 0 Å². The second-order valence-corrected chi connectivity index (χ2v) is 6.97. The van der Waals surface area contributed by atoms with Crippen LogP contribution in [0.4, 0.5) is 10.1 Å². The molecule has 0 aromatic heterocycles. The Morgan fingerprint density at radius 3 is 2.81 bits per heavy atom. The van der Waals surface area contributed by atoms with E-state index in [0.29, 0.717) is 11.5 Å². The van der Waals surface area contributed by atoms with Crippen molar-refractivity contribution < 1.29 is 9.18 Å². The Labute approximate surface area is 124 Å². The molecule has 21 heavy (non-hydrogen) atoms. The number of rotatable bonds is 2. The number of nitrogens with two attached hydrogens (primary N) is 1. The number of carbonyl (C=O) groups is 1. The van der Waals surface area contributed by atoms with E-state index in [9.17, 15) is 9.18 Å². The Morgan fingerprint density at radius 2 is 2.00 bits per heavy atom. The quantitative estimate of drug-likeness (QED) is 0.822. The minimum absolute atomic E-state index is 0.153. The van der Waals surface area contributed by atoms with Gasteiger partial charge in [-0.05, 0) is 67.6 Å². The number of amides is 1. The molecule has 4 rings (SSSR count). The van der Waals surface area contributed by atoms with E-state index in [1.807, 2.05) is 0 Å².